The Hall–Kier alpha value is -1.09. The number of hydrogen-bond donors (Lipinski definition) is 0. The quantitative estimate of drug-likeness (QED) is 0.404. The summed E-state index contributed by atoms with van der Waals surface area (Å²) in [6.45, 7) is 8.88. The summed E-state index contributed by atoms with van der Waals surface area (Å²) >= 11 is 0. The second-order valence-corrected chi connectivity index (χ2v) is 8.06. The average molecular weight is 318 g/mol. The molecule has 0 saturated carbocycles. The van der Waals surface area contributed by atoms with E-state index >= 15 is 0 Å². The van der Waals surface area contributed by atoms with E-state index in [1.807, 2.05) is 0 Å². The van der Waals surface area contributed by atoms with Gasteiger partial charge in [-0.15, -0.1) is 0 Å². The van der Waals surface area contributed by atoms with Gasteiger partial charge in [-0.3, -0.25) is 0 Å². The van der Waals surface area contributed by atoms with Gasteiger partial charge < -0.3 is 9.47 Å². The minimum Gasteiger partial charge on any atom is -0.454 e. The van der Waals surface area contributed by atoms with Crippen LogP contribution < -0.4 is 0 Å². The highest BCUT2D eigenvalue weighted by Crippen LogP contribution is 2.45. The van der Waals surface area contributed by atoms with Gasteiger partial charge in [0.15, 0.2) is 0 Å². The van der Waals surface area contributed by atoms with E-state index in [4.69, 9.17) is 9.47 Å². The summed E-state index contributed by atoms with van der Waals surface area (Å²) in [6.07, 6.45) is 10.8. The van der Waals surface area contributed by atoms with Crippen molar-refractivity contribution in [3.05, 3.63) is 23.3 Å². The Morgan fingerprint density at radius 3 is 2.78 bits per heavy atom. The molecule has 0 spiro atoms. The maximum absolute atomic E-state index is 12.1. The second-order valence-electron chi connectivity index (χ2n) is 8.06. The zero-order chi connectivity index (χ0) is 16.6. The molecular weight excluding hydrogens is 288 g/mol. The summed E-state index contributed by atoms with van der Waals surface area (Å²) in [5, 5.41) is 0. The minimum atomic E-state index is -0.103. The topological polar surface area (TPSA) is 38.8 Å². The minimum absolute atomic E-state index is 0.0344. The first-order valence-electron chi connectivity index (χ1n) is 9.14. The third-order valence-electron chi connectivity index (χ3n) is 5.87. The molecule has 3 rings (SSSR count). The van der Waals surface area contributed by atoms with Crippen LogP contribution in [0.1, 0.15) is 66.2 Å². The number of rotatable bonds is 1. The van der Waals surface area contributed by atoms with Crippen LogP contribution in [0.5, 0.6) is 0 Å². The number of esters is 1. The van der Waals surface area contributed by atoms with Gasteiger partial charge in [0.2, 0.25) is 0 Å². The molecule has 23 heavy (non-hydrogen) atoms. The van der Waals surface area contributed by atoms with E-state index in [-0.39, 0.29) is 17.7 Å². The molecule has 2 bridgehead atoms. The molecule has 1 fully saturated rings. The maximum atomic E-state index is 12.1. The Bertz CT molecular complexity index is 531. The van der Waals surface area contributed by atoms with Crippen molar-refractivity contribution in [1.29, 1.82) is 0 Å². The van der Waals surface area contributed by atoms with Crippen LogP contribution in [0.3, 0.4) is 0 Å². The maximum Gasteiger partial charge on any atom is 0.334 e. The first-order chi connectivity index (χ1) is 10.9. The van der Waals surface area contributed by atoms with Gasteiger partial charge in [0.25, 0.3) is 0 Å². The molecule has 4 unspecified atom stereocenters. The van der Waals surface area contributed by atoms with Gasteiger partial charge in [0.1, 0.15) is 6.10 Å². The summed E-state index contributed by atoms with van der Waals surface area (Å²) in [6, 6.07) is 0. The molecule has 3 heteroatoms. The number of epoxide rings is 1. The SMILES string of the molecule is CC1=CCCC2=CC(OC2=O)C(C(C)C)CCC2(C)OC2CC1. The van der Waals surface area contributed by atoms with Crippen molar-refractivity contribution in [2.45, 2.75) is 84.0 Å². The first-order valence-corrected chi connectivity index (χ1v) is 9.14. The van der Waals surface area contributed by atoms with E-state index in [1.54, 1.807) is 0 Å². The molecule has 0 N–H and O–H groups in total. The van der Waals surface area contributed by atoms with Gasteiger partial charge in [-0.1, -0.05) is 25.5 Å². The molecule has 0 amide bonds. The molecule has 0 aromatic heterocycles. The predicted molar refractivity (Wildman–Crippen MR) is 91.0 cm³/mol. The predicted octanol–water partition coefficient (Wildman–Crippen LogP) is 4.57. The van der Waals surface area contributed by atoms with Gasteiger partial charge in [0, 0.05) is 11.5 Å². The molecule has 128 valence electrons. The van der Waals surface area contributed by atoms with E-state index in [0.29, 0.717) is 17.9 Å². The Morgan fingerprint density at radius 2 is 2.04 bits per heavy atom. The molecule has 2 aliphatic heterocycles. The normalized spacial score (nSPS) is 38.3. The fourth-order valence-corrected chi connectivity index (χ4v) is 4.04. The third kappa shape index (κ3) is 3.71. The smallest absolute Gasteiger partial charge is 0.334 e. The van der Waals surface area contributed by atoms with Crippen molar-refractivity contribution >= 4 is 5.97 Å². The molecule has 0 aromatic carbocycles. The lowest BCUT2D eigenvalue weighted by Gasteiger charge is -2.26. The molecule has 0 radical (unpaired) electrons. The summed E-state index contributed by atoms with van der Waals surface area (Å²) in [5.41, 5.74) is 2.31. The van der Waals surface area contributed by atoms with Crippen LogP contribution >= 0.6 is 0 Å². The van der Waals surface area contributed by atoms with Crippen molar-refractivity contribution in [2.75, 3.05) is 0 Å². The zero-order valence-electron chi connectivity index (χ0n) is 14.9. The fraction of sp³-hybridized carbons (Fsp3) is 0.750. The Kier molecular flexibility index (Phi) is 4.68. The largest absolute Gasteiger partial charge is 0.454 e. The summed E-state index contributed by atoms with van der Waals surface area (Å²) < 4.78 is 11.7. The highest BCUT2D eigenvalue weighted by Gasteiger charge is 2.51. The van der Waals surface area contributed by atoms with Gasteiger partial charge in [-0.2, -0.15) is 0 Å². The van der Waals surface area contributed by atoms with Crippen LogP contribution in [0.4, 0.5) is 0 Å². The third-order valence-corrected chi connectivity index (χ3v) is 5.87. The summed E-state index contributed by atoms with van der Waals surface area (Å²) in [4.78, 5) is 12.1. The van der Waals surface area contributed by atoms with E-state index < -0.39 is 0 Å². The molecule has 3 aliphatic rings. The van der Waals surface area contributed by atoms with Crippen molar-refractivity contribution < 1.29 is 14.3 Å². The molecule has 1 saturated heterocycles. The molecule has 1 aliphatic carbocycles. The number of fused-ring (bicyclic) bond motifs is 2. The lowest BCUT2D eigenvalue weighted by Crippen LogP contribution is -2.27. The Morgan fingerprint density at radius 1 is 1.26 bits per heavy atom. The van der Waals surface area contributed by atoms with E-state index in [0.717, 1.165) is 44.1 Å². The van der Waals surface area contributed by atoms with E-state index in [2.05, 4.69) is 39.8 Å². The van der Waals surface area contributed by atoms with Crippen molar-refractivity contribution in [2.24, 2.45) is 11.8 Å². The first kappa shape index (κ1) is 16.8. The number of ether oxygens (including phenoxy) is 2. The average Bonchev–Trinajstić information content (AvgIpc) is 2.99. The van der Waals surface area contributed by atoms with Gasteiger partial charge in [-0.05, 0) is 64.4 Å². The zero-order valence-corrected chi connectivity index (χ0v) is 14.9. The lowest BCUT2D eigenvalue weighted by molar-refractivity contribution is -0.142. The van der Waals surface area contributed by atoms with Crippen molar-refractivity contribution in [3.63, 3.8) is 0 Å². The highest BCUT2D eigenvalue weighted by molar-refractivity contribution is 5.90. The lowest BCUT2D eigenvalue weighted by atomic mass is 9.82. The van der Waals surface area contributed by atoms with Crippen LogP contribution in [0.25, 0.3) is 0 Å². The van der Waals surface area contributed by atoms with Gasteiger partial charge in [-0.25, -0.2) is 4.79 Å². The van der Waals surface area contributed by atoms with Crippen molar-refractivity contribution in [1.82, 2.24) is 0 Å². The van der Waals surface area contributed by atoms with Crippen LogP contribution in [-0.2, 0) is 14.3 Å². The Balaban J connectivity index is 1.79. The van der Waals surface area contributed by atoms with Gasteiger partial charge >= 0.3 is 5.97 Å². The Labute approximate surface area is 140 Å². The molecule has 2 heterocycles. The number of carbonyl (C=O) groups is 1. The standard InChI is InChI=1S/C20H30O3/c1-13(2)16-10-11-20(4)18(23-20)9-8-14(3)6-5-7-15-12-17(16)22-19(15)21/h6,12-13,16-18H,5,7-11H2,1-4H3. The van der Waals surface area contributed by atoms with Crippen LogP contribution in [0, 0.1) is 11.8 Å². The number of hydrogen-bond acceptors (Lipinski definition) is 3. The number of allylic oxidation sites excluding steroid dienone is 2. The van der Waals surface area contributed by atoms with E-state index in [1.165, 1.54) is 5.57 Å². The number of carbonyl (C=O) groups excluding carboxylic acids is 1. The monoisotopic (exact) mass is 318 g/mol. The van der Waals surface area contributed by atoms with Crippen LogP contribution in [-0.4, -0.2) is 23.8 Å². The van der Waals surface area contributed by atoms with E-state index in [9.17, 15) is 4.79 Å². The molecule has 0 aromatic rings. The second kappa shape index (κ2) is 6.43. The highest BCUT2D eigenvalue weighted by atomic mass is 16.6. The molecular formula is C20H30O3. The molecule has 4 atom stereocenters. The van der Waals surface area contributed by atoms with Gasteiger partial charge in [0.05, 0.1) is 11.7 Å². The van der Waals surface area contributed by atoms with Crippen LogP contribution in [0.15, 0.2) is 23.3 Å². The fourth-order valence-electron chi connectivity index (χ4n) is 4.04. The summed E-state index contributed by atoms with van der Waals surface area (Å²) in [7, 11) is 0. The molecule has 3 nitrogen and oxygen atoms in total. The van der Waals surface area contributed by atoms with Crippen LogP contribution in [0.2, 0.25) is 0 Å². The van der Waals surface area contributed by atoms with Crippen molar-refractivity contribution in [3.8, 4) is 0 Å². The summed E-state index contributed by atoms with van der Waals surface area (Å²) in [5.74, 6) is 0.783.